The van der Waals surface area contributed by atoms with E-state index in [0.717, 1.165) is 30.8 Å². The molecule has 0 saturated heterocycles. The summed E-state index contributed by atoms with van der Waals surface area (Å²) in [6.07, 6.45) is 1.04. The number of allylic oxidation sites excluding steroid dienone is 2. The van der Waals surface area contributed by atoms with Crippen LogP contribution in [0.1, 0.15) is 48.7 Å². The van der Waals surface area contributed by atoms with Gasteiger partial charge in [-0.2, -0.15) is 0 Å². The summed E-state index contributed by atoms with van der Waals surface area (Å²) in [6.45, 7) is 8.47. The molecule has 4 nitrogen and oxygen atoms in total. The van der Waals surface area contributed by atoms with Crippen LogP contribution in [0.15, 0.2) is 53.0 Å². The van der Waals surface area contributed by atoms with Gasteiger partial charge in [0.05, 0.1) is 19.5 Å². The topological polar surface area (TPSA) is 41.9 Å². The molecular formula is C24H27FN2O2. The van der Waals surface area contributed by atoms with Crippen molar-refractivity contribution in [3.63, 3.8) is 0 Å². The fourth-order valence-corrected chi connectivity index (χ4v) is 3.72. The van der Waals surface area contributed by atoms with Crippen molar-refractivity contribution in [2.45, 2.75) is 27.2 Å². The minimum absolute atomic E-state index is 0.119. The Balaban J connectivity index is 2.17. The van der Waals surface area contributed by atoms with E-state index in [4.69, 9.17) is 9.73 Å². The summed E-state index contributed by atoms with van der Waals surface area (Å²) in [4.78, 5) is 20.4. The number of halogens is 1. The Morgan fingerprint density at radius 2 is 1.72 bits per heavy atom. The Morgan fingerprint density at radius 3 is 2.38 bits per heavy atom. The number of ketones is 1. The summed E-state index contributed by atoms with van der Waals surface area (Å²) in [5.41, 5.74) is 3.37. The molecule has 3 rings (SSSR count). The van der Waals surface area contributed by atoms with Gasteiger partial charge in [-0.15, -0.1) is 0 Å². The highest BCUT2D eigenvalue weighted by molar-refractivity contribution is 6.41. The van der Waals surface area contributed by atoms with Crippen LogP contribution in [-0.4, -0.2) is 43.3 Å². The first kappa shape index (κ1) is 20.9. The third-order valence-corrected chi connectivity index (χ3v) is 5.25. The zero-order valence-electron chi connectivity index (χ0n) is 17.5. The van der Waals surface area contributed by atoms with Gasteiger partial charge in [-0.05, 0) is 38.1 Å². The molecule has 0 heterocycles. The van der Waals surface area contributed by atoms with Crippen LogP contribution in [0.2, 0.25) is 0 Å². The third-order valence-electron chi connectivity index (χ3n) is 5.25. The fourth-order valence-electron chi connectivity index (χ4n) is 3.72. The van der Waals surface area contributed by atoms with E-state index in [1.807, 2.05) is 25.1 Å². The van der Waals surface area contributed by atoms with Gasteiger partial charge in [-0.25, -0.2) is 4.39 Å². The van der Waals surface area contributed by atoms with E-state index in [1.165, 1.54) is 7.11 Å². The first-order valence-corrected chi connectivity index (χ1v) is 9.98. The van der Waals surface area contributed by atoms with Gasteiger partial charge in [0.25, 0.3) is 0 Å². The number of ether oxygens (including phenoxy) is 1. The van der Waals surface area contributed by atoms with Crippen molar-refractivity contribution < 1.29 is 13.9 Å². The highest BCUT2D eigenvalue weighted by Gasteiger charge is 2.31. The molecule has 29 heavy (non-hydrogen) atoms. The SMILES string of the molecule is CCCN(CC)CN=C1C(C)=C(c2cccc(OC)c2F)C(=O)c2ccccc21. The molecule has 0 bridgehead atoms. The van der Waals surface area contributed by atoms with Gasteiger partial charge in [0.2, 0.25) is 0 Å². The Morgan fingerprint density at radius 1 is 1.03 bits per heavy atom. The van der Waals surface area contributed by atoms with Gasteiger partial charge in [0.15, 0.2) is 17.3 Å². The summed E-state index contributed by atoms with van der Waals surface area (Å²) < 4.78 is 20.1. The number of nitrogens with zero attached hydrogens (tertiary/aromatic N) is 2. The molecule has 0 atom stereocenters. The van der Waals surface area contributed by atoms with Crippen molar-refractivity contribution in [2.24, 2.45) is 4.99 Å². The molecule has 5 heteroatoms. The lowest BCUT2D eigenvalue weighted by Crippen LogP contribution is -2.27. The van der Waals surface area contributed by atoms with Crippen molar-refractivity contribution in [1.29, 1.82) is 0 Å². The van der Waals surface area contributed by atoms with Crippen LogP contribution in [0.25, 0.3) is 5.57 Å². The quantitative estimate of drug-likeness (QED) is 0.665. The first-order chi connectivity index (χ1) is 14.0. The van der Waals surface area contributed by atoms with E-state index in [1.54, 1.807) is 24.3 Å². The highest BCUT2D eigenvalue weighted by Crippen LogP contribution is 2.35. The Bertz CT molecular complexity index is 979. The van der Waals surface area contributed by atoms with Gasteiger partial charge < -0.3 is 4.74 Å². The fraction of sp³-hybridized carbons (Fsp3) is 0.333. The largest absolute Gasteiger partial charge is 0.494 e. The number of hydrogen-bond acceptors (Lipinski definition) is 4. The molecule has 0 amide bonds. The second-order valence-corrected chi connectivity index (χ2v) is 7.06. The number of benzene rings is 2. The molecular weight excluding hydrogens is 367 g/mol. The molecule has 0 aliphatic heterocycles. The Hall–Kier alpha value is -2.79. The van der Waals surface area contributed by atoms with E-state index >= 15 is 4.39 Å². The number of aliphatic imine (C=N–C) groups is 1. The minimum atomic E-state index is -0.530. The Labute approximate surface area is 171 Å². The molecule has 0 radical (unpaired) electrons. The zero-order valence-corrected chi connectivity index (χ0v) is 17.5. The van der Waals surface area contributed by atoms with Crippen molar-refractivity contribution in [3.8, 4) is 5.75 Å². The number of methoxy groups -OCH3 is 1. The van der Waals surface area contributed by atoms with E-state index in [0.29, 0.717) is 23.4 Å². The van der Waals surface area contributed by atoms with E-state index < -0.39 is 5.82 Å². The van der Waals surface area contributed by atoms with Gasteiger partial charge in [-0.3, -0.25) is 14.7 Å². The highest BCUT2D eigenvalue weighted by atomic mass is 19.1. The average Bonchev–Trinajstić information content (AvgIpc) is 2.74. The van der Waals surface area contributed by atoms with Crippen LogP contribution in [0, 0.1) is 5.82 Å². The van der Waals surface area contributed by atoms with Crippen molar-refractivity contribution in [1.82, 2.24) is 4.90 Å². The molecule has 0 unspecified atom stereocenters. The number of rotatable bonds is 7. The summed E-state index contributed by atoms with van der Waals surface area (Å²) >= 11 is 0. The summed E-state index contributed by atoms with van der Waals surface area (Å²) in [7, 11) is 1.42. The summed E-state index contributed by atoms with van der Waals surface area (Å²) in [6, 6.07) is 12.3. The lowest BCUT2D eigenvalue weighted by molar-refractivity contribution is 0.105. The predicted octanol–water partition coefficient (Wildman–Crippen LogP) is 4.98. The van der Waals surface area contributed by atoms with Gasteiger partial charge in [-0.1, -0.05) is 50.2 Å². The van der Waals surface area contributed by atoms with Crippen LogP contribution in [-0.2, 0) is 0 Å². The van der Waals surface area contributed by atoms with Crippen LogP contribution in [0.5, 0.6) is 5.75 Å². The molecule has 0 saturated carbocycles. The molecule has 152 valence electrons. The third kappa shape index (κ3) is 4.01. The number of carbonyl (C=O) groups is 1. The minimum Gasteiger partial charge on any atom is -0.494 e. The van der Waals surface area contributed by atoms with Crippen molar-refractivity contribution in [3.05, 3.63) is 70.5 Å². The maximum Gasteiger partial charge on any atom is 0.194 e. The van der Waals surface area contributed by atoms with Crippen molar-refractivity contribution >= 4 is 17.1 Å². The van der Waals surface area contributed by atoms with Crippen LogP contribution in [0.3, 0.4) is 0 Å². The van der Waals surface area contributed by atoms with Crippen molar-refractivity contribution in [2.75, 3.05) is 26.9 Å². The predicted molar refractivity (Wildman–Crippen MR) is 115 cm³/mol. The summed E-state index contributed by atoms with van der Waals surface area (Å²) in [5.74, 6) is -0.601. The molecule has 0 aromatic heterocycles. The number of carbonyl (C=O) groups excluding carboxylic acids is 1. The maximum absolute atomic E-state index is 15.0. The second kappa shape index (κ2) is 9.14. The first-order valence-electron chi connectivity index (χ1n) is 9.98. The Kier molecular flexibility index (Phi) is 6.60. The summed E-state index contributed by atoms with van der Waals surface area (Å²) in [5, 5.41) is 0. The molecule has 0 fully saturated rings. The van der Waals surface area contributed by atoms with E-state index in [9.17, 15) is 4.79 Å². The standard InChI is InChI=1S/C24H27FN2O2/c1-5-14-27(6-2)15-26-23-16(3)21(19-12-9-13-20(29-4)22(19)25)24(28)18-11-8-7-10-17(18)23/h7-13H,5-6,14-15H2,1-4H3. The van der Waals surface area contributed by atoms with Gasteiger partial charge in [0, 0.05) is 22.3 Å². The molecule has 0 spiro atoms. The lowest BCUT2D eigenvalue weighted by Gasteiger charge is -2.24. The van der Waals surface area contributed by atoms with Crippen LogP contribution >= 0.6 is 0 Å². The molecule has 0 N–H and O–H groups in total. The normalized spacial score (nSPS) is 15.2. The number of hydrogen-bond donors (Lipinski definition) is 0. The molecule has 2 aromatic carbocycles. The van der Waals surface area contributed by atoms with E-state index in [-0.39, 0.29) is 17.1 Å². The van der Waals surface area contributed by atoms with Crippen LogP contribution in [0.4, 0.5) is 4.39 Å². The molecule has 2 aromatic rings. The van der Waals surface area contributed by atoms with Crippen LogP contribution < -0.4 is 4.74 Å². The van der Waals surface area contributed by atoms with Gasteiger partial charge >= 0.3 is 0 Å². The number of fused-ring (bicyclic) bond motifs is 1. The number of Topliss-reactive ketones (excluding diaryl/α,β-unsaturated/α-hetero) is 1. The lowest BCUT2D eigenvalue weighted by atomic mass is 9.81. The molecule has 1 aliphatic rings. The molecule has 1 aliphatic carbocycles. The smallest absolute Gasteiger partial charge is 0.194 e. The van der Waals surface area contributed by atoms with Gasteiger partial charge in [0.1, 0.15) is 0 Å². The monoisotopic (exact) mass is 394 g/mol. The maximum atomic E-state index is 15.0. The average molecular weight is 394 g/mol. The second-order valence-electron chi connectivity index (χ2n) is 7.06. The zero-order chi connectivity index (χ0) is 21.0. The van der Waals surface area contributed by atoms with E-state index in [2.05, 4.69) is 18.7 Å².